The van der Waals surface area contributed by atoms with Gasteiger partial charge in [-0.1, -0.05) is 52.2 Å². The zero-order valence-electron chi connectivity index (χ0n) is 9.26. The Kier molecular flexibility index (Phi) is 8.18. The van der Waals surface area contributed by atoms with Crippen LogP contribution in [0.1, 0.15) is 46.0 Å². The first-order valence-electron chi connectivity index (χ1n) is 5.48. The molecule has 0 saturated heterocycles. The number of allylic oxidation sites excluding steroid dienone is 2. The van der Waals surface area contributed by atoms with Crippen LogP contribution < -0.4 is 0 Å². The van der Waals surface area contributed by atoms with Gasteiger partial charge in [-0.25, -0.2) is 0 Å². The monoisotopic (exact) mass is 180 g/mol. The summed E-state index contributed by atoms with van der Waals surface area (Å²) in [5.74, 6) is 1.68. The quantitative estimate of drug-likeness (QED) is 0.543. The molecular weight excluding hydrogens is 156 g/mol. The number of hydrogen-bond donors (Lipinski definition) is 0. The Balaban J connectivity index is 3.68. The van der Waals surface area contributed by atoms with Gasteiger partial charge >= 0.3 is 0 Å². The molecule has 0 N–H and O–H groups in total. The average molecular weight is 180 g/mol. The lowest BCUT2D eigenvalue weighted by molar-refractivity contribution is 0.368. The molecular formula is C13H24. The van der Waals surface area contributed by atoms with Crippen molar-refractivity contribution in [1.82, 2.24) is 0 Å². The van der Waals surface area contributed by atoms with Crippen LogP contribution in [0.5, 0.6) is 0 Å². The zero-order chi connectivity index (χ0) is 10.1. The van der Waals surface area contributed by atoms with E-state index in [4.69, 9.17) is 0 Å². The van der Waals surface area contributed by atoms with E-state index in [0.717, 1.165) is 18.3 Å². The fourth-order valence-corrected chi connectivity index (χ4v) is 1.75. The summed E-state index contributed by atoms with van der Waals surface area (Å²) in [7, 11) is 0. The van der Waals surface area contributed by atoms with E-state index in [0.29, 0.717) is 0 Å². The summed E-state index contributed by atoms with van der Waals surface area (Å²) >= 11 is 0. The first-order valence-corrected chi connectivity index (χ1v) is 5.48. The standard InChI is InChI=1S/C13H24/c1-5-8-10-13(7-3)11-12(4)9-6-2/h5,8,12-13H,1-2,6-7,9-11H2,3-4H3/b8-5+. The van der Waals surface area contributed by atoms with Crippen molar-refractivity contribution in [2.75, 3.05) is 0 Å². The molecule has 0 heterocycles. The predicted octanol–water partition coefficient (Wildman–Crippen LogP) is 4.43. The van der Waals surface area contributed by atoms with Crippen molar-refractivity contribution in [3.05, 3.63) is 26.0 Å². The lowest BCUT2D eigenvalue weighted by Gasteiger charge is -2.17. The van der Waals surface area contributed by atoms with Crippen LogP contribution in [0.3, 0.4) is 0 Å². The molecule has 0 aliphatic rings. The van der Waals surface area contributed by atoms with Crippen LogP contribution in [0.15, 0.2) is 12.2 Å². The van der Waals surface area contributed by atoms with Crippen LogP contribution in [0.2, 0.25) is 0 Å². The van der Waals surface area contributed by atoms with Gasteiger partial charge in [0.05, 0.1) is 0 Å². The number of rotatable bonds is 7. The van der Waals surface area contributed by atoms with Crippen LogP contribution in [0.4, 0.5) is 0 Å². The number of hydrogen-bond acceptors (Lipinski definition) is 0. The van der Waals surface area contributed by atoms with Crippen molar-refractivity contribution in [2.24, 2.45) is 11.8 Å². The Bertz CT molecular complexity index is 124. The molecule has 76 valence electrons. The summed E-state index contributed by atoms with van der Waals surface area (Å²) in [6.45, 7) is 12.2. The van der Waals surface area contributed by atoms with E-state index in [1.165, 1.54) is 25.7 Å². The van der Waals surface area contributed by atoms with Crippen molar-refractivity contribution in [3.8, 4) is 0 Å². The average Bonchev–Trinajstić information content (AvgIpc) is 2.12. The summed E-state index contributed by atoms with van der Waals surface area (Å²) in [4.78, 5) is 0. The maximum atomic E-state index is 3.90. The van der Waals surface area contributed by atoms with E-state index in [9.17, 15) is 0 Å². The Hall–Kier alpha value is -0.260. The molecule has 2 radical (unpaired) electrons. The van der Waals surface area contributed by atoms with Crippen molar-refractivity contribution >= 4 is 0 Å². The minimum absolute atomic E-state index is 0.834. The highest BCUT2D eigenvalue weighted by Gasteiger charge is 2.09. The molecule has 0 spiro atoms. The Morgan fingerprint density at radius 2 is 2.08 bits per heavy atom. The first kappa shape index (κ1) is 12.7. The first-order chi connectivity index (χ1) is 6.24. The van der Waals surface area contributed by atoms with Crippen molar-refractivity contribution in [1.29, 1.82) is 0 Å². The summed E-state index contributed by atoms with van der Waals surface area (Å²) in [6.07, 6.45) is 10.3. The van der Waals surface area contributed by atoms with Gasteiger partial charge in [-0.3, -0.25) is 0 Å². The normalized spacial score (nSPS) is 16.3. The van der Waals surface area contributed by atoms with E-state index in [-0.39, 0.29) is 0 Å². The second-order valence-electron chi connectivity index (χ2n) is 3.96. The van der Waals surface area contributed by atoms with Crippen LogP contribution in [0, 0.1) is 25.7 Å². The highest BCUT2D eigenvalue weighted by molar-refractivity contribution is 4.85. The summed E-state index contributed by atoms with van der Waals surface area (Å²) < 4.78 is 0. The van der Waals surface area contributed by atoms with Gasteiger partial charge in [0.2, 0.25) is 0 Å². The third-order valence-corrected chi connectivity index (χ3v) is 2.65. The van der Waals surface area contributed by atoms with Gasteiger partial charge in [-0.2, -0.15) is 0 Å². The largest absolute Gasteiger partial charge is 0.0883 e. The molecule has 0 saturated carbocycles. The van der Waals surface area contributed by atoms with Crippen molar-refractivity contribution in [2.45, 2.75) is 46.0 Å². The molecule has 2 atom stereocenters. The van der Waals surface area contributed by atoms with E-state index in [1.807, 2.05) is 6.08 Å². The summed E-state index contributed by atoms with van der Waals surface area (Å²) in [6, 6.07) is 0. The SMILES string of the molecule is [CH2]/C=C/CC(CC)CC(C)CC[CH2]. The van der Waals surface area contributed by atoms with Gasteiger partial charge in [0.1, 0.15) is 0 Å². The zero-order valence-corrected chi connectivity index (χ0v) is 9.26. The molecule has 0 aromatic carbocycles. The minimum Gasteiger partial charge on any atom is -0.0883 e. The lowest BCUT2D eigenvalue weighted by atomic mass is 9.89. The molecule has 0 nitrogen and oxygen atoms in total. The van der Waals surface area contributed by atoms with Crippen LogP contribution >= 0.6 is 0 Å². The third-order valence-electron chi connectivity index (χ3n) is 2.65. The molecule has 0 heteroatoms. The van der Waals surface area contributed by atoms with Gasteiger partial charge < -0.3 is 0 Å². The maximum absolute atomic E-state index is 3.90. The molecule has 2 unspecified atom stereocenters. The fraction of sp³-hybridized carbons (Fsp3) is 0.692. The van der Waals surface area contributed by atoms with E-state index < -0.39 is 0 Å². The van der Waals surface area contributed by atoms with E-state index in [2.05, 4.69) is 33.8 Å². The topological polar surface area (TPSA) is 0 Å². The van der Waals surface area contributed by atoms with Gasteiger partial charge in [0.25, 0.3) is 0 Å². The second kappa shape index (κ2) is 8.34. The van der Waals surface area contributed by atoms with E-state index in [1.54, 1.807) is 0 Å². The smallest absolute Gasteiger partial charge is 0.0316 e. The Morgan fingerprint density at radius 1 is 1.38 bits per heavy atom. The highest BCUT2D eigenvalue weighted by Crippen LogP contribution is 2.22. The molecule has 0 aromatic heterocycles. The maximum Gasteiger partial charge on any atom is -0.0316 e. The summed E-state index contributed by atoms with van der Waals surface area (Å²) in [5.41, 5.74) is 0. The molecule has 0 aliphatic carbocycles. The Labute approximate surface area is 84.4 Å². The highest BCUT2D eigenvalue weighted by atomic mass is 14.1. The van der Waals surface area contributed by atoms with Crippen LogP contribution in [0.25, 0.3) is 0 Å². The molecule has 0 aliphatic heterocycles. The van der Waals surface area contributed by atoms with Crippen LogP contribution in [-0.4, -0.2) is 0 Å². The molecule has 0 rings (SSSR count). The fourth-order valence-electron chi connectivity index (χ4n) is 1.75. The molecule has 0 bridgehead atoms. The van der Waals surface area contributed by atoms with Gasteiger partial charge in [-0.15, -0.1) is 0 Å². The molecule has 0 fully saturated rings. The minimum atomic E-state index is 0.834. The third kappa shape index (κ3) is 6.86. The molecule has 13 heavy (non-hydrogen) atoms. The van der Waals surface area contributed by atoms with Gasteiger partial charge in [-0.05, 0) is 31.6 Å². The van der Waals surface area contributed by atoms with E-state index >= 15 is 0 Å². The van der Waals surface area contributed by atoms with Gasteiger partial charge in [0.15, 0.2) is 0 Å². The van der Waals surface area contributed by atoms with Crippen molar-refractivity contribution < 1.29 is 0 Å². The predicted molar refractivity (Wildman–Crippen MR) is 61.3 cm³/mol. The summed E-state index contributed by atoms with van der Waals surface area (Å²) in [5, 5.41) is 0. The van der Waals surface area contributed by atoms with Crippen molar-refractivity contribution in [3.63, 3.8) is 0 Å². The molecule has 0 amide bonds. The van der Waals surface area contributed by atoms with Gasteiger partial charge in [0, 0.05) is 0 Å². The Morgan fingerprint density at radius 3 is 2.54 bits per heavy atom. The molecule has 0 aromatic rings. The lowest BCUT2D eigenvalue weighted by Crippen LogP contribution is -2.04. The second-order valence-corrected chi connectivity index (χ2v) is 3.96. The van der Waals surface area contributed by atoms with Crippen LogP contribution in [-0.2, 0) is 0 Å².